The highest BCUT2D eigenvalue weighted by molar-refractivity contribution is 5.86. The summed E-state index contributed by atoms with van der Waals surface area (Å²) >= 11 is 0. The zero-order valence-electron chi connectivity index (χ0n) is 12.7. The van der Waals surface area contributed by atoms with E-state index in [1.165, 1.54) is 0 Å². The van der Waals surface area contributed by atoms with Crippen LogP contribution in [-0.4, -0.2) is 56.2 Å². The molecule has 19 heavy (non-hydrogen) atoms. The molecule has 1 saturated heterocycles. The van der Waals surface area contributed by atoms with Crippen molar-refractivity contribution in [2.75, 3.05) is 33.9 Å². The molecule has 0 aromatic rings. The molecule has 1 aliphatic rings. The maximum Gasteiger partial charge on any atom is 0.242 e. The molecule has 2 unspecified atom stereocenters. The number of ether oxygens (including phenoxy) is 1. The highest BCUT2D eigenvalue weighted by atomic mass is 16.5. The smallest absolute Gasteiger partial charge is 0.242 e. The average molecular weight is 271 g/mol. The lowest BCUT2D eigenvalue weighted by Gasteiger charge is -2.32. The van der Waals surface area contributed by atoms with Gasteiger partial charge >= 0.3 is 0 Å². The van der Waals surface area contributed by atoms with E-state index in [9.17, 15) is 4.79 Å². The maximum atomic E-state index is 12.2. The molecule has 1 fully saturated rings. The van der Waals surface area contributed by atoms with E-state index in [4.69, 9.17) is 10.5 Å². The van der Waals surface area contributed by atoms with Crippen molar-refractivity contribution in [3.63, 3.8) is 0 Å². The van der Waals surface area contributed by atoms with Crippen molar-refractivity contribution in [1.29, 1.82) is 0 Å². The Bertz CT molecular complexity index is 284. The van der Waals surface area contributed by atoms with Crippen molar-refractivity contribution >= 4 is 5.91 Å². The zero-order valence-corrected chi connectivity index (χ0v) is 12.7. The number of nitrogens with one attached hydrogen (secondary N) is 1. The van der Waals surface area contributed by atoms with Gasteiger partial charge in [-0.2, -0.15) is 0 Å². The topological polar surface area (TPSA) is 67.6 Å². The lowest BCUT2D eigenvalue weighted by molar-refractivity contribution is -0.126. The Morgan fingerprint density at radius 3 is 2.47 bits per heavy atom. The molecule has 1 amide bonds. The average Bonchev–Trinajstić information content (AvgIpc) is 2.82. The molecule has 1 heterocycles. The minimum Gasteiger partial charge on any atom is -0.379 e. The molecule has 0 radical (unpaired) electrons. The van der Waals surface area contributed by atoms with Gasteiger partial charge in [0.2, 0.25) is 5.91 Å². The molecule has 1 aliphatic heterocycles. The first-order valence-corrected chi connectivity index (χ1v) is 7.26. The van der Waals surface area contributed by atoms with Gasteiger partial charge in [0.1, 0.15) is 5.54 Å². The third-order valence-corrected chi connectivity index (χ3v) is 4.23. The molecule has 5 heteroatoms. The monoisotopic (exact) mass is 271 g/mol. The van der Waals surface area contributed by atoms with Gasteiger partial charge in [-0.25, -0.2) is 0 Å². The highest BCUT2D eigenvalue weighted by Crippen LogP contribution is 2.18. The molecule has 0 saturated carbocycles. The number of likely N-dealkylation sites (N-methyl/N-ethyl adjacent to an activating group) is 1. The van der Waals surface area contributed by atoms with Gasteiger partial charge in [0.15, 0.2) is 0 Å². The van der Waals surface area contributed by atoms with E-state index in [-0.39, 0.29) is 5.91 Å². The summed E-state index contributed by atoms with van der Waals surface area (Å²) in [4.78, 5) is 14.3. The van der Waals surface area contributed by atoms with Crippen LogP contribution in [0.2, 0.25) is 0 Å². The molecule has 0 bridgehead atoms. The quantitative estimate of drug-likeness (QED) is 0.711. The standard InChI is InChI=1S/C14H29N3O2/c1-5-11(6-2)12(17(3)4)9-16-13(18)14(15)7-8-19-10-14/h11-12H,5-10,15H2,1-4H3,(H,16,18). The molecular weight excluding hydrogens is 242 g/mol. The molecule has 0 aliphatic carbocycles. The zero-order chi connectivity index (χ0) is 14.5. The third kappa shape index (κ3) is 4.16. The van der Waals surface area contributed by atoms with Crippen LogP contribution in [-0.2, 0) is 9.53 Å². The molecule has 2 atom stereocenters. The van der Waals surface area contributed by atoms with Crippen LogP contribution in [0.4, 0.5) is 0 Å². The Labute approximate surface area is 116 Å². The predicted molar refractivity (Wildman–Crippen MR) is 76.9 cm³/mol. The number of rotatable bonds is 7. The van der Waals surface area contributed by atoms with E-state index in [1.807, 2.05) is 0 Å². The Kier molecular flexibility index (Phi) is 6.23. The van der Waals surface area contributed by atoms with Crippen molar-refractivity contribution in [3.8, 4) is 0 Å². The lowest BCUT2D eigenvalue weighted by atomic mass is 9.92. The van der Waals surface area contributed by atoms with Gasteiger partial charge in [0.25, 0.3) is 0 Å². The van der Waals surface area contributed by atoms with Crippen LogP contribution in [0.1, 0.15) is 33.1 Å². The minimum atomic E-state index is -0.829. The summed E-state index contributed by atoms with van der Waals surface area (Å²) in [6.07, 6.45) is 2.84. The van der Waals surface area contributed by atoms with Crippen molar-refractivity contribution in [3.05, 3.63) is 0 Å². The van der Waals surface area contributed by atoms with E-state index in [0.29, 0.717) is 38.1 Å². The lowest BCUT2D eigenvalue weighted by Crippen LogP contribution is -2.57. The number of carbonyl (C=O) groups is 1. The van der Waals surface area contributed by atoms with Gasteiger partial charge in [-0.3, -0.25) is 4.79 Å². The first-order chi connectivity index (χ1) is 8.94. The first-order valence-electron chi connectivity index (χ1n) is 7.26. The molecule has 0 spiro atoms. The van der Waals surface area contributed by atoms with Crippen LogP contribution in [0, 0.1) is 5.92 Å². The maximum absolute atomic E-state index is 12.2. The summed E-state index contributed by atoms with van der Waals surface area (Å²) in [5, 5.41) is 3.01. The molecule has 0 aromatic carbocycles. The van der Waals surface area contributed by atoms with Gasteiger partial charge in [0, 0.05) is 19.2 Å². The molecule has 1 rings (SSSR count). The van der Waals surface area contributed by atoms with Crippen LogP contribution in [0.15, 0.2) is 0 Å². The van der Waals surface area contributed by atoms with Crippen molar-refractivity contribution < 1.29 is 9.53 Å². The number of hydrogen-bond donors (Lipinski definition) is 2. The fraction of sp³-hybridized carbons (Fsp3) is 0.929. The van der Waals surface area contributed by atoms with Gasteiger partial charge in [-0.05, 0) is 26.4 Å². The van der Waals surface area contributed by atoms with Gasteiger partial charge in [-0.1, -0.05) is 26.7 Å². The van der Waals surface area contributed by atoms with Gasteiger partial charge in [-0.15, -0.1) is 0 Å². The SMILES string of the molecule is CCC(CC)C(CNC(=O)C1(N)CCOC1)N(C)C. The Balaban J connectivity index is 2.54. The van der Waals surface area contributed by atoms with Crippen molar-refractivity contribution in [2.45, 2.75) is 44.7 Å². The van der Waals surface area contributed by atoms with Gasteiger partial charge < -0.3 is 20.7 Å². The van der Waals surface area contributed by atoms with Crippen LogP contribution >= 0.6 is 0 Å². The molecule has 5 nitrogen and oxygen atoms in total. The van der Waals surface area contributed by atoms with Crippen LogP contribution in [0.3, 0.4) is 0 Å². The summed E-state index contributed by atoms with van der Waals surface area (Å²) in [6, 6.07) is 0.352. The van der Waals surface area contributed by atoms with Crippen LogP contribution < -0.4 is 11.1 Å². The van der Waals surface area contributed by atoms with Crippen LogP contribution in [0.5, 0.6) is 0 Å². The number of carbonyl (C=O) groups excluding carboxylic acids is 1. The molecular formula is C14H29N3O2. The Morgan fingerprint density at radius 2 is 2.05 bits per heavy atom. The first kappa shape index (κ1) is 16.4. The Hall–Kier alpha value is -0.650. The van der Waals surface area contributed by atoms with E-state index in [2.05, 4.69) is 38.2 Å². The largest absolute Gasteiger partial charge is 0.379 e. The normalized spacial score (nSPS) is 25.0. The number of hydrogen-bond acceptors (Lipinski definition) is 4. The van der Waals surface area contributed by atoms with E-state index in [0.717, 1.165) is 12.8 Å². The molecule has 112 valence electrons. The van der Waals surface area contributed by atoms with Crippen molar-refractivity contribution in [2.24, 2.45) is 11.7 Å². The van der Waals surface area contributed by atoms with E-state index in [1.54, 1.807) is 0 Å². The summed E-state index contributed by atoms with van der Waals surface area (Å²) in [6.45, 7) is 5.95. The second-order valence-corrected chi connectivity index (χ2v) is 5.78. The van der Waals surface area contributed by atoms with Crippen molar-refractivity contribution in [1.82, 2.24) is 10.2 Å². The Morgan fingerprint density at radius 1 is 1.42 bits per heavy atom. The highest BCUT2D eigenvalue weighted by Gasteiger charge is 2.38. The number of nitrogens with zero attached hydrogens (tertiary/aromatic N) is 1. The number of amides is 1. The fourth-order valence-electron chi connectivity index (χ4n) is 2.74. The van der Waals surface area contributed by atoms with E-state index < -0.39 is 5.54 Å². The third-order valence-electron chi connectivity index (χ3n) is 4.23. The second-order valence-electron chi connectivity index (χ2n) is 5.78. The summed E-state index contributed by atoms with van der Waals surface area (Å²) in [7, 11) is 4.12. The summed E-state index contributed by atoms with van der Waals surface area (Å²) in [5.41, 5.74) is 5.23. The molecule has 0 aromatic heterocycles. The molecule has 3 N–H and O–H groups in total. The summed E-state index contributed by atoms with van der Waals surface area (Å²) in [5.74, 6) is 0.506. The summed E-state index contributed by atoms with van der Waals surface area (Å²) < 4.78 is 5.23. The predicted octanol–water partition coefficient (Wildman–Crippen LogP) is 0.587. The van der Waals surface area contributed by atoms with Crippen LogP contribution in [0.25, 0.3) is 0 Å². The van der Waals surface area contributed by atoms with E-state index >= 15 is 0 Å². The number of nitrogens with two attached hydrogens (primary N) is 1. The fourth-order valence-corrected chi connectivity index (χ4v) is 2.74. The minimum absolute atomic E-state index is 0.0807. The second kappa shape index (κ2) is 7.22. The van der Waals surface area contributed by atoms with Gasteiger partial charge in [0.05, 0.1) is 6.61 Å².